The maximum atomic E-state index is 12.7. The van der Waals surface area contributed by atoms with Gasteiger partial charge in [0.15, 0.2) is 0 Å². The monoisotopic (exact) mass is 306 g/mol. The van der Waals surface area contributed by atoms with Crippen LogP contribution < -0.4 is 11.1 Å². The highest BCUT2D eigenvalue weighted by Crippen LogP contribution is 2.31. The minimum atomic E-state index is -0.706. The van der Waals surface area contributed by atoms with Crippen molar-refractivity contribution in [3.63, 3.8) is 0 Å². The molecule has 0 bridgehead atoms. The quantitative estimate of drug-likeness (QED) is 0.723. The first kappa shape index (κ1) is 17.6. The number of benzene rings is 1. The SMILES string of the molecule is CCCC(CCC)(C(=O)NCc1cccc(C)c1)C(N)=S. The van der Waals surface area contributed by atoms with E-state index in [1.165, 1.54) is 5.56 Å². The Kier molecular flexibility index (Phi) is 6.82. The van der Waals surface area contributed by atoms with Crippen LogP contribution in [0.3, 0.4) is 0 Å². The summed E-state index contributed by atoms with van der Waals surface area (Å²) in [5.41, 5.74) is 7.48. The number of amides is 1. The van der Waals surface area contributed by atoms with Crippen LogP contribution >= 0.6 is 12.2 Å². The average molecular weight is 306 g/mol. The van der Waals surface area contributed by atoms with Crippen molar-refractivity contribution in [1.29, 1.82) is 0 Å². The number of thiocarbonyl (C=S) groups is 1. The van der Waals surface area contributed by atoms with Gasteiger partial charge in [0.1, 0.15) is 0 Å². The molecule has 0 aromatic heterocycles. The van der Waals surface area contributed by atoms with Crippen molar-refractivity contribution in [2.75, 3.05) is 0 Å². The van der Waals surface area contributed by atoms with Gasteiger partial charge >= 0.3 is 0 Å². The molecule has 21 heavy (non-hydrogen) atoms. The lowest BCUT2D eigenvalue weighted by molar-refractivity contribution is -0.128. The molecule has 3 N–H and O–H groups in total. The van der Waals surface area contributed by atoms with E-state index in [0.717, 1.165) is 18.4 Å². The second-order valence-corrected chi connectivity index (χ2v) is 6.06. The number of hydrogen-bond acceptors (Lipinski definition) is 2. The molecule has 3 nitrogen and oxygen atoms in total. The van der Waals surface area contributed by atoms with Gasteiger partial charge in [-0.3, -0.25) is 4.79 Å². The molecule has 1 aromatic rings. The lowest BCUT2D eigenvalue weighted by Gasteiger charge is -2.31. The number of carbonyl (C=O) groups excluding carboxylic acids is 1. The van der Waals surface area contributed by atoms with Gasteiger partial charge in [0, 0.05) is 6.54 Å². The van der Waals surface area contributed by atoms with Gasteiger partial charge < -0.3 is 11.1 Å². The Morgan fingerprint density at radius 1 is 1.29 bits per heavy atom. The molecule has 0 aliphatic heterocycles. The van der Waals surface area contributed by atoms with E-state index in [2.05, 4.69) is 25.2 Å². The van der Waals surface area contributed by atoms with E-state index < -0.39 is 5.41 Å². The van der Waals surface area contributed by atoms with Crippen LogP contribution in [0.15, 0.2) is 24.3 Å². The number of nitrogens with two attached hydrogens (primary N) is 1. The lowest BCUT2D eigenvalue weighted by Crippen LogP contribution is -2.48. The van der Waals surface area contributed by atoms with Crippen molar-refractivity contribution in [3.8, 4) is 0 Å². The normalized spacial score (nSPS) is 11.2. The summed E-state index contributed by atoms with van der Waals surface area (Å²) in [4.78, 5) is 13.0. The van der Waals surface area contributed by atoms with E-state index in [4.69, 9.17) is 18.0 Å². The lowest BCUT2D eigenvalue weighted by atomic mass is 9.78. The number of hydrogen-bond donors (Lipinski definition) is 2. The van der Waals surface area contributed by atoms with Crippen molar-refractivity contribution >= 4 is 23.1 Å². The van der Waals surface area contributed by atoms with Crippen LogP contribution in [-0.2, 0) is 11.3 Å². The zero-order valence-corrected chi connectivity index (χ0v) is 14.1. The summed E-state index contributed by atoms with van der Waals surface area (Å²) < 4.78 is 0. The van der Waals surface area contributed by atoms with Crippen LogP contribution in [0.25, 0.3) is 0 Å². The van der Waals surface area contributed by atoms with Crippen molar-refractivity contribution in [2.45, 2.75) is 53.0 Å². The fraction of sp³-hybridized carbons (Fsp3) is 0.529. The van der Waals surface area contributed by atoms with Gasteiger partial charge in [0.05, 0.1) is 10.4 Å². The molecule has 0 aliphatic carbocycles. The second kappa shape index (κ2) is 8.13. The summed E-state index contributed by atoms with van der Waals surface area (Å²) in [5.74, 6) is -0.0415. The zero-order valence-electron chi connectivity index (χ0n) is 13.2. The third-order valence-corrected chi connectivity index (χ3v) is 4.19. The molecular formula is C17H26N2OS. The molecule has 4 heteroatoms. The fourth-order valence-electron chi connectivity index (χ4n) is 2.74. The van der Waals surface area contributed by atoms with Gasteiger partial charge in [-0.15, -0.1) is 0 Å². The summed E-state index contributed by atoms with van der Waals surface area (Å²) in [6.45, 7) is 6.66. The first-order valence-electron chi connectivity index (χ1n) is 7.60. The van der Waals surface area contributed by atoms with E-state index in [1.54, 1.807) is 0 Å². The van der Waals surface area contributed by atoms with Gasteiger partial charge in [-0.2, -0.15) is 0 Å². The van der Waals surface area contributed by atoms with E-state index in [-0.39, 0.29) is 5.91 Å². The first-order chi connectivity index (χ1) is 9.96. The molecule has 0 saturated heterocycles. The van der Waals surface area contributed by atoms with E-state index in [1.807, 2.05) is 25.1 Å². The number of rotatable bonds is 8. The van der Waals surface area contributed by atoms with Crippen LogP contribution in [0, 0.1) is 12.3 Å². The third kappa shape index (κ3) is 4.53. The minimum Gasteiger partial charge on any atom is -0.392 e. The van der Waals surface area contributed by atoms with Gasteiger partial charge in [0.2, 0.25) is 5.91 Å². The van der Waals surface area contributed by atoms with Crippen molar-refractivity contribution in [1.82, 2.24) is 5.32 Å². The summed E-state index contributed by atoms with van der Waals surface area (Å²) in [6, 6.07) is 8.12. The molecule has 0 aliphatic rings. The van der Waals surface area contributed by atoms with E-state index in [9.17, 15) is 4.79 Å². The average Bonchev–Trinajstić information content (AvgIpc) is 2.44. The molecule has 0 saturated carbocycles. The summed E-state index contributed by atoms with van der Waals surface area (Å²) >= 11 is 5.20. The largest absolute Gasteiger partial charge is 0.392 e. The number of carbonyl (C=O) groups is 1. The standard InChI is InChI=1S/C17H26N2OS/c1-4-9-17(10-5-2,15(18)21)16(20)19-12-14-8-6-7-13(3)11-14/h6-8,11H,4-5,9-10,12H2,1-3H3,(H2,18,21)(H,19,20). The minimum absolute atomic E-state index is 0.0415. The molecule has 0 spiro atoms. The molecule has 1 aromatic carbocycles. The molecule has 0 radical (unpaired) electrons. The highest BCUT2D eigenvalue weighted by Gasteiger charge is 2.39. The Bertz CT molecular complexity index is 493. The smallest absolute Gasteiger partial charge is 0.233 e. The first-order valence-corrected chi connectivity index (χ1v) is 8.00. The third-order valence-electron chi connectivity index (χ3n) is 3.80. The van der Waals surface area contributed by atoms with Crippen LogP contribution in [0.4, 0.5) is 0 Å². The van der Waals surface area contributed by atoms with Crippen LogP contribution in [0.2, 0.25) is 0 Å². The Morgan fingerprint density at radius 3 is 2.38 bits per heavy atom. The van der Waals surface area contributed by atoms with Gasteiger partial charge in [-0.25, -0.2) is 0 Å². The predicted octanol–water partition coefficient (Wildman–Crippen LogP) is 3.48. The van der Waals surface area contributed by atoms with Crippen LogP contribution in [0.1, 0.15) is 50.7 Å². The molecule has 0 heterocycles. The molecule has 1 amide bonds. The Morgan fingerprint density at radius 2 is 1.90 bits per heavy atom. The number of nitrogens with one attached hydrogen (secondary N) is 1. The predicted molar refractivity (Wildman–Crippen MR) is 92.1 cm³/mol. The van der Waals surface area contributed by atoms with Crippen LogP contribution in [-0.4, -0.2) is 10.9 Å². The fourth-order valence-corrected chi connectivity index (χ4v) is 3.03. The molecule has 116 valence electrons. The zero-order chi connectivity index (χ0) is 15.9. The summed E-state index contributed by atoms with van der Waals surface area (Å²) in [7, 11) is 0. The highest BCUT2D eigenvalue weighted by atomic mass is 32.1. The Balaban J connectivity index is 2.83. The summed E-state index contributed by atoms with van der Waals surface area (Å²) in [6.07, 6.45) is 3.18. The molecule has 0 fully saturated rings. The van der Waals surface area contributed by atoms with Crippen molar-refractivity contribution in [2.24, 2.45) is 11.1 Å². The summed E-state index contributed by atoms with van der Waals surface area (Å²) in [5, 5.41) is 3.01. The highest BCUT2D eigenvalue weighted by molar-refractivity contribution is 7.80. The Hall–Kier alpha value is -1.42. The topological polar surface area (TPSA) is 55.1 Å². The molecule has 0 atom stereocenters. The molecule has 1 rings (SSSR count). The van der Waals surface area contributed by atoms with Gasteiger partial charge in [-0.1, -0.05) is 68.7 Å². The van der Waals surface area contributed by atoms with E-state index in [0.29, 0.717) is 24.4 Å². The second-order valence-electron chi connectivity index (χ2n) is 5.62. The maximum absolute atomic E-state index is 12.7. The van der Waals surface area contributed by atoms with Gasteiger partial charge in [0.25, 0.3) is 0 Å². The van der Waals surface area contributed by atoms with Crippen molar-refractivity contribution in [3.05, 3.63) is 35.4 Å². The maximum Gasteiger partial charge on any atom is 0.233 e. The molecule has 0 unspecified atom stereocenters. The molecular weight excluding hydrogens is 280 g/mol. The number of aryl methyl sites for hydroxylation is 1. The Labute approximate surface area is 133 Å². The van der Waals surface area contributed by atoms with Gasteiger partial charge in [-0.05, 0) is 25.3 Å². The van der Waals surface area contributed by atoms with E-state index >= 15 is 0 Å². The van der Waals surface area contributed by atoms with Crippen molar-refractivity contribution < 1.29 is 4.79 Å². The van der Waals surface area contributed by atoms with Crippen LogP contribution in [0.5, 0.6) is 0 Å².